The predicted molar refractivity (Wildman–Crippen MR) is 88.3 cm³/mol. The molecule has 0 aliphatic rings. The average molecular weight is 333 g/mol. The van der Waals surface area contributed by atoms with Crippen LogP contribution >= 0.6 is 0 Å². The summed E-state index contributed by atoms with van der Waals surface area (Å²) in [6, 6.07) is 4.35. The number of carboxylic acids is 1. The summed E-state index contributed by atoms with van der Waals surface area (Å²) in [7, 11) is 0. The number of fused-ring (bicyclic) bond motifs is 1. The Hall–Kier alpha value is -2.90. The van der Waals surface area contributed by atoms with E-state index < -0.39 is 29.7 Å². The van der Waals surface area contributed by atoms with Crippen LogP contribution in [0.4, 0.5) is 0 Å². The molecule has 0 bridgehead atoms. The van der Waals surface area contributed by atoms with E-state index in [0.29, 0.717) is 18.4 Å². The van der Waals surface area contributed by atoms with Gasteiger partial charge in [-0.25, -0.2) is 4.79 Å². The number of hydrogen-bond donors (Lipinski definition) is 2. The number of carbonyl (C=O) groups excluding carboxylic acids is 1. The molecule has 2 N–H and O–H groups in total. The van der Waals surface area contributed by atoms with Crippen LogP contribution in [0.3, 0.4) is 0 Å². The lowest BCUT2D eigenvalue weighted by Gasteiger charge is -2.20. The largest absolute Gasteiger partial charge is 0.480 e. The van der Waals surface area contributed by atoms with E-state index in [1.807, 2.05) is 6.92 Å². The van der Waals surface area contributed by atoms with Gasteiger partial charge in [0.25, 0.3) is 11.5 Å². The molecule has 24 heavy (non-hydrogen) atoms. The van der Waals surface area contributed by atoms with Crippen molar-refractivity contribution >= 4 is 22.8 Å². The van der Waals surface area contributed by atoms with Crippen molar-refractivity contribution in [1.82, 2.24) is 14.5 Å². The Morgan fingerprint density at radius 1 is 1.25 bits per heavy atom. The molecule has 0 unspecified atom stereocenters. The maximum Gasteiger partial charge on any atom is 0.328 e. The molecule has 8 heteroatoms. The number of carboxylic acid groups (broad SMARTS) is 1. The van der Waals surface area contributed by atoms with Gasteiger partial charge in [-0.15, -0.1) is 0 Å². The van der Waals surface area contributed by atoms with Crippen LogP contribution in [0.1, 0.15) is 30.6 Å². The predicted octanol–water partition coefficient (Wildman–Crippen LogP) is 0.646. The van der Waals surface area contributed by atoms with Crippen molar-refractivity contribution in [2.75, 3.05) is 13.1 Å². The number of benzene rings is 1. The number of carbonyl (C=O) groups is 2. The quantitative estimate of drug-likeness (QED) is 0.806. The summed E-state index contributed by atoms with van der Waals surface area (Å²) in [5, 5.41) is 9.22. The van der Waals surface area contributed by atoms with Crippen molar-refractivity contribution < 1.29 is 14.7 Å². The number of aliphatic carboxylic acids is 1. The van der Waals surface area contributed by atoms with Crippen LogP contribution in [-0.4, -0.2) is 44.5 Å². The van der Waals surface area contributed by atoms with Gasteiger partial charge >= 0.3 is 11.7 Å². The van der Waals surface area contributed by atoms with Gasteiger partial charge in [-0.3, -0.25) is 19.0 Å². The first-order chi connectivity index (χ1) is 11.4. The Kier molecular flexibility index (Phi) is 5.18. The summed E-state index contributed by atoms with van der Waals surface area (Å²) in [6.07, 6.45) is 0.616. The van der Waals surface area contributed by atoms with E-state index in [1.54, 1.807) is 6.92 Å². The van der Waals surface area contributed by atoms with E-state index in [0.717, 1.165) is 4.57 Å². The molecule has 0 aliphatic carbocycles. The molecule has 0 atom stereocenters. The molecule has 128 valence electrons. The van der Waals surface area contributed by atoms with Crippen molar-refractivity contribution in [3.8, 4) is 0 Å². The topological polar surface area (TPSA) is 112 Å². The van der Waals surface area contributed by atoms with Crippen molar-refractivity contribution in [3.63, 3.8) is 0 Å². The molecule has 0 aliphatic heterocycles. The van der Waals surface area contributed by atoms with Gasteiger partial charge in [-0.2, -0.15) is 0 Å². The number of rotatable bonds is 6. The van der Waals surface area contributed by atoms with Gasteiger partial charge in [0.15, 0.2) is 0 Å². The third-order valence-corrected chi connectivity index (χ3v) is 3.65. The van der Waals surface area contributed by atoms with E-state index in [2.05, 4.69) is 4.98 Å². The van der Waals surface area contributed by atoms with Gasteiger partial charge in [-0.1, -0.05) is 6.92 Å². The smallest absolute Gasteiger partial charge is 0.328 e. The van der Waals surface area contributed by atoms with Gasteiger partial charge in [0.05, 0.1) is 10.9 Å². The summed E-state index contributed by atoms with van der Waals surface area (Å²) < 4.78 is 1.07. The molecule has 0 radical (unpaired) electrons. The fourth-order valence-corrected chi connectivity index (χ4v) is 2.54. The summed E-state index contributed by atoms with van der Waals surface area (Å²) in [5.41, 5.74) is -0.490. The van der Waals surface area contributed by atoms with Gasteiger partial charge in [-0.05, 0) is 31.5 Å². The molecule has 0 saturated carbocycles. The molecule has 2 aromatic rings. The van der Waals surface area contributed by atoms with Crippen LogP contribution < -0.4 is 11.2 Å². The molecule has 0 fully saturated rings. The van der Waals surface area contributed by atoms with Crippen molar-refractivity contribution in [1.29, 1.82) is 0 Å². The minimum atomic E-state index is -1.10. The lowest BCUT2D eigenvalue weighted by molar-refractivity contribution is -0.137. The summed E-state index contributed by atoms with van der Waals surface area (Å²) in [5.74, 6) is -1.56. The van der Waals surface area contributed by atoms with Crippen LogP contribution in [0.25, 0.3) is 10.9 Å². The first-order valence-electron chi connectivity index (χ1n) is 7.67. The Morgan fingerprint density at radius 3 is 2.54 bits per heavy atom. The van der Waals surface area contributed by atoms with Gasteiger partial charge in [0, 0.05) is 18.7 Å². The van der Waals surface area contributed by atoms with Gasteiger partial charge in [0.1, 0.15) is 6.54 Å². The van der Waals surface area contributed by atoms with E-state index in [1.165, 1.54) is 23.1 Å². The van der Waals surface area contributed by atoms with E-state index in [9.17, 15) is 19.2 Å². The van der Waals surface area contributed by atoms with Gasteiger partial charge in [0.2, 0.25) is 0 Å². The summed E-state index contributed by atoms with van der Waals surface area (Å²) in [6.45, 7) is 3.67. The zero-order chi connectivity index (χ0) is 17.9. The van der Waals surface area contributed by atoms with E-state index in [4.69, 9.17) is 5.11 Å². The Labute approximate surface area is 137 Å². The SMILES string of the molecule is CCCN(CC(=O)O)C(=O)c1ccc2c(=O)n(CC)c(=O)[nH]c2c1. The lowest BCUT2D eigenvalue weighted by atomic mass is 10.1. The third kappa shape index (κ3) is 3.37. The third-order valence-electron chi connectivity index (χ3n) is 3.65. The number of nitrogens with zero attached hydrogens (tertiary/aromatic N) is 2. The second kappa shape index (κ2) is 7.12. The molecule has 0 spiro atoms. The molecule has 1 aromatic heterocycles. The molecule has 1 heterocycles. The number of hydrogen-bond acceptors (Lipinski definition) is 4. The summed E-state index contributed by atoms with van der Waals surface area (Å²) in [4.78, 5) is 51.3. The second-order valence-corrected chi connectivity index (χ2v) is 5.36. The Balaban J connectivity index is 2.50. The highest BCUT2D eigenvalue weighted by molar-refractivity contribution is 5.98. The molecule has 1 amide bonds. The fraction of sp³-hybridized carbons (Fsp3) is 0.375. The normalized spacial score (nSPS) is 10.8. The first kappa shape index (κ1) is 17.5. The first-order valence-corrected chi connectivity index (χ1v) is 7.67. The Morgan fingerprint density at radius 2 is 1.96 bits per heavy atom. The zero-order valence-electron chi connectivity index (χ0n) is 13.5. The monoisotopic (exact) mass is 333 g/mol. The number of nitrogens with one attached hydrogen (secondary N) is 1. The number of aromatic amines is 1. The molecular formula is C16H19N3O5. The maximum absolute atomic E-state index is 12.5. The minimum absolute atomic E-state index is 0.224. The summed E-state index contributed by atoms with van der Waals surface area (Å²) >= 11 is 0. The van der Waals surface area contributed by atoms with Crippen LogP contribution in [0.5, 0.6) is 0 Å². The van der Waals surface area contributed by atoms with Crippen molar-refractivity contribution in [2.45, 2.75) is 26.8 Å². The number of H-pyrrole nitrogens is 1. The molecular weight excluding hydrogens is 314 g/mol. The maximum atomic E-state index is 12.5. The van der Waals surface area contributed by atoms with Crippen LogP contribution in [-0.2, 0) is 11.3 Å². The number of aromatic nitrogens is 2. The van der Waals surface area contributed by atoms with Crippen LogP contribution in [0.2, 0.25) is 0 Å². The van der Waals surface area contributed by atoms with E-state index >= 15 is 0 Å². The lowest BCUT2D eigenvalue weighted by Crippen LogP contribution is -2.36. The van der Waals surface area contributed by atoms with E-state index in [-0.39, 0.29) is 17.6 Å². The van der Waals surface area contributed by atoms with Crippen LogP contribution in [0.15, 0.2) is 27.8 Å². The van der Waals surface area contributed by atoms with Crippen molar-refractivity contribution in [3.05, 3.63) is 44.6 Å². The minimum Gasteiger partial charge on any atom is -0.480 e. The molecule has 8 nitrogen and oxygen atoms in total. The molecule has 0 saturated heterocycles. The van der Waals surface area contributed by atoms with Crippen LogP contribution in [0, 0.1) is 0 Å². The van der Waals surface area contributed by atoms with Gasteiger partial charge < -0.3 is 15.0 Å². The fourth-order valence-electron chi connectivity index (χ4n) is 2.54. The average Bonchev–Trinajstić information content (AvgIpc) is 2.53. The zero-order valence-corrected chi connectivity index (χ0v) is 13.5. The highest BCUT2D eigenvalue weighted by Gasteiger charge is 2.18. The van der Waals surface area contributed by atoms with Crippen molar-refractivity contribution in [2.24, 2.45) is 0 Å². The highest BCUT2D eigenvalue weighted by atomic mass is 16.4. The Bertz CT molecular complexity index is 897. The highest BCUT2D eigenvalue weighted by Crippen LogP contribution is 2.12. The molecule has 2 rings (SSSR count). The second-order valence-electron chi connectivity index (χ2n) is 5.36. The standard InChI is InChI=1S/C16H19N3O5/c1-3-7-18(9-13(20)21)14(22)10-5-6-11-12(8-10)17-16(24)19(4-2)15(11)23/h5-6,8H,3-4,7,9H2,1-2H3,(H,17,24)(H,20,21). The number of amides is 1. The molecule has 1 aromatic carbocycles.